The lowest BCUT2D eigenvalue weighted by atomic mass is 9.76. The quantitative estimate of drug-likeness (QED) is 0.282. The number of hydrogen-bond acceptors (Lipinski definition) is 3. The summed E-state index contributed by atoms with van der Waals surface area (Å²) in [7, 11) is 0. The van der Waals surface area contributed by atoms with Crippen LogP contribution >= 0.6 is 0 Å². The Labute approximate surface area is 167 Å². The number of alkyl halides is 6. The second-order valence-corrected chi connectivity index (χ2v) is 7.04. The molecule has 0 radical (unpaired) electrons. The maximum absolute atomic E-state index is 12.8. The van der Waals surface area contributed by atoms with Gasteiger partial charge in [0.1, 0.15) is 11.7 Å². The van der Waals surface area contributed by atoms with Gasteiger partial charge >= 0.3 is 12.4 Å². The number of rotatable bonds is 5. The van der Waals surface area contributed by atoms with Crippen molar-refractivity contribution in [2.24, 2.45) is 5.11 Å². The molecule has 0 bridgehead atoms. The van der Waals surface area contributed by atoms with Crippen LogP contribution in [-0.4, -0.2) is 16.3 Å². The van der Waals surface area contributed by atoms with E-state index in [1.807, 2.05) is 0 Å². The van der Waals surface area contributed by atoms with Crippen molar-refractivity contribution < 1.29 is 36.6 Å². The zero-order valence-corrected chi connectivity index (χ0v) is 15.7. The van der Waals surface area contributed by atoms with E-state index in [9.17, 15) is 36.6 Å². The van der Waals surface area contributed by atoms with E-state index in [4.69, 9.17) is 5.53 Å². The Kier molecular flexibility index (Phi) is 6.14. The normalized spacial score (nSPS) is 17.4. The fraction of sp³-hybridized carbons (Fsp3) is 0.368. The second-order valence-electron chi connectivity index (χ2n) is 7.04. The minimum atomic E-state index is -4.61. The molecule has 0 heterocycles. The summed E-state index contributed by atoms with van der Waals surface area (Å²) in [6, 6.07) is 6.75. The SMILES string of the molecule is C[C@](O)(c1ccc(C(F)(F)F)cc1)[C@@H](O)[C@@](C)(N=[N+]=[N-])c1ccc(C(F)(F)F)cc1. The van der Waals surface area contributed by atoms with E-state index >= 15 is 0 Å². The minimum Gasteiger partial charge on any atom is -0.389 e. The fourth-order valence-corrected chi connectivity index (χ4v) is 3.06. The number of benzene rings is 2. The van der Waals surface area contributed by atoms with Crippen LogP contribution < -0.4 is 0 Å². The Bertz CT molecular complexity index is 933. The molecule has 11 heteroatoms. The van der Waals surface area contributed by atoms with Crippen LogP contribution in [0, 0.1) is 0 Å². The van der Waals surface area contributed by atoms with Crippen LogP contribution in [-0.2, 0) is 23.5 Å². The third-order valence-corrected chi connectivity index (χ3v) is 4.91. The van der Waals surface area contributed by atoms with Gasteiger partial charge in [0.05, 0.1) is 16.7 Å². The van der Waals surface area contributed by atoms with E-state index in [1.54, 1.807) is 0 Å². The van der Waals surface area contributed by atoms with E-state index in [0.717, 1.165) is 43.3 Å². The van der Waals surface area contributed by atoms with Gasteiger partial charge < -0.3 is 10.2 Å². The topological polar surface area (TPSA) is 89.2 Å². The van der Waals surface area contributed by atoms with Crippen LogP contribution in [0.3, 0.4) is 0 Å². The number of hydrogen-bond donors (Lipinski definition) is 2. The van der Waals surface area contributed by atoms with Gasteiger partial charge in [-0.3, -0.25) is 0 Å². The number of aliphatic hydroxyl groups excluding tert-OH is 1. The van der Waals surface area contributed by atoms with E-state index < -0.39 is 40.7 Å². The molecule has 0 aliphatic rings. The molecule has 0 saturated heterocycles. The summed E-state index contributed by atoms with van der Waals surface area (Å²) in [5, 5.41) is 25.2. The third-order valence-electron chi connectivity index (χ3n) is 4.91. The molecule has 0 unspecified atom stereocenters. The summed E-state index contributed by atoms with van der Waals surface area (Å²) >= 11 is 0. The molecule has 0 aliphatic carbocycles. The Morgan fingerprint density at radius 1 is 0.767 bits per heavy atom. The van der Waals surface area contributed by atoms with Crippen molar-refractivity contribution in [1.29, 1.82) is 0 Å². The highest BCUT2D eigenvalue weighted by atomic mass is 19.4. The van der Waals surface area contributed by atoms with Crippen LogP contribution in [0.1, 0.15) is 36.1 Å². The van der Waals surface area contributed by atoms with E-state index in [2.05, 4.69) is 10.0 Å². The number of nitrogens with zero attached hydrogens (tertiary/aromatic N) is 3. The molecule has 162 valence electrons. The van der Waals surface area contributed by atoms with Crippen molar-refractivity contribution in [2.75, 3.05) is 0 Å². The first-order valence-corrected chi connectivity index (χ1v) is 8.46. The lowest BCUT2D eigenvalue weighted by Crippen LogP contribution is -2.49. The summed E-state index contributed by atoms with van der Waals surface area (Å²) in [4.78, 5) is 2.61. The Hall–Kier alpha value is -2.75. The molecule has 2 aromatic rings. The molecule has 0 amide bonds. The van der Waals surface area contributed by atoms with Crippen molar-refractivity contribution in [1.82, 2.24) is 0 Å². The zero-order chi connectivity index (χ0) is 23.0. The molecule has 0 fully saturated rings. The van der Waals surface area contributed by atoms with Crippen molar-refractivity contribution in [3.8, 4) is 0 Å². The van der Waals surface area contributed by atoms with Crippen LogP contribution in [0.4, 0.5) is 26.3 Å². The molecule has 3 atom stereocenters. The van der Waals surface area contributed by atoms with E-state index in [-0.39, 0.29) is 11.1 Å². The van der Waals surface area contributed by atoms with Gasteiger partial charge in [0.2, 0.25) is 0 Å². The first kappa shape index (κ1) is 23.5. The fourth-order valence-electron chi connectivity index (χ4n) is 3.06. The molecular weight excluding hydrogens is 416 g/mol. The number of aliphatic hydroxyl groups is 2. The molecule has 0 aromatic heterocycles. The Morgan fingerprint density at radius 3 is 1.43 bits per heavy atom. The standard InChI is InChI=1S/C19H17F6N3O2/c1-16(27-28-26,11-3-7-13(8-4-11)18(20,21)22)15(29)17(2,30)12-5-9-14(10-6-12)19(23,24)25/h3-10,15,29-30H,1-2H3/t15-,16-,17-/m0/s1. The van der Waals surface area contributed by atoms with Crippen LogP contribution in [0.5, 0.6) is 0 Å². The summed E-state index contributed by atoms with van der Waals surface area (Å²) in [6.07, 6.45) is -11.1. The third kappa shape index (κ3) is 4.53. The number of azide groups is 1. The highest BCUT2D eigenvalue weighted by molar-refractivity contribution is 5.35. The smallest absolute Gasteiger partial charge is 0.389 e. The summed E-state index contributed by atoms with van der Waals surface area (Å²) in [6.45, 7) is 2.29. The van der Waals surface area contributed by atoms with Gasteiger partial charge in [-0.15, -0.1) is 0 Å². The van der Waals surface area contributed by atoms with Crippen molar-refractivity contribution in [3.63, 3.8) is 0 Å². The predicted molar refractivity (Wildman–Crippen MR) is 95.0 cm³/mol. The molecule has 0 saturated carbocycles. The summed E-state index contributed by atoms with van der Waals surface area (Å²) < 4.78 is 76.7. The van der Waals surface area contributed by atoms with Gasteiger partial charge in [-0.1, -0.05) is 29.4 Å². The first-order valence-electron chi connectivity index (χ1n) is 8.46. The summed E-state index contributed by atoms with van der Waals surface area (Å²) in [5.74, 6) is 0. The maximum atomic E-state index is 12.8. The highest BCUT2D eigenvalue weighted by Gasteiger charge is 2.46. The molecule has 0 spiro atoms. The Morgan fingerprint density at radius 2 is 1.10 bits per heavy atom. The lowest BCUT2D eigenvalue weighted by Gasteiger charge is -2.40. The second kappa shape index (κ2) is 7.82. The van der Waals surface area contributed by atoms with Crippen LogP contribution in [0.25, 0.3) is 10.4 Å². The van der Waals surface area contributed by atoms with Gasteiger partial charge in [0.15, 0.2) is 0 Å². The van der Waals surface area contributed by atoms with Gasteiger partial charge in [-0.2, -0.15) is 26.3 Å². The van der Waals surface area contributed by atoms with Crippen LogP contribution in [0.2, 0.25) is 0 Å². The van der Waals surface area contributed by atoms with Gasteiger partial charge in [-0.05, 0) is 54.8 Å². The minimum absolute atomic E-state index is 0.0343. The van der Waals surface area contributed by atoms with E-state index in [0.29, 0.717) is 12.1 Å². The first-order chi connectivity index (χ1) is 13.6. The Balaban J connectivity index is 2.48. The molecule has 5 nitrogen and oxygen atoms in total. The van der Waals surface area contributed by atoms with E-state index in [1.165, 1.54) is 6.92 Å². The molecule has 2 aromatic carbocycles. The molecule has 30 heavy (non-hydrogen) atoms. The predicted octanol–water partition coefficient (Wildman–Crippen LogP) is 5.52. The van der Waals surface area contributed by atoms with Gasteiger partial charge in [-0.25, -0.2) is 0 Å². The lowest BCUT2D eigenvalue weighted by molar-refractivity contribution is -0.138. The van der Waals surface area contributed by atoms with Crippen LogP contribution in [0.15, 0.2) is 53.6 Å². The monoisotopic (exact) mass is 433 g/mol. The average Bonchev–Trinajstić information content (AvgIpc) is 2.66. The van der Waals surface area contributed by atoms with Crippen molar-refractivity contribution in [2.45, 2.75) is 43.4 Å². The molecule has 2 rings (SSSR count). The average molecular weight is 433 g/mol. The van der Waals surface area contributed by atoms with Gasteiger partial charge in [0.25, 0.3) is 0 Å². The largest absolute Gasteiger partial charge is 0.416 e. The zero-order valence-electron chi connectivity index (χ0n) is 15.7. The molecular formula is C19H17F6N3O2. The number of halogens is 6. The highest BCUT2D eigenvalue weighted by Crippen LogP contribution is 2.41. The summed E-state index contributed by atoms with van der Waals surface area (Å²) in [5.41, 5.74) is 2.67. The van der Waals surface area contributed by atoms with Crippen molar-refractivity contribution in [3.05, 3.63) is 81.2 Å². The van der Waals surface area contributed by atoms with Gasteiger partial charge in [0, 0.05) is 4.91 Å². The van der Waals surface area contributed by atoms with Crippen molar-refractivity contribution >= 4 is 0 Å². The maximum Gasteiger partial charge on any atom is 0.416 e. The molecule has 0 aliphatic heterocycles. The molecule has 2 N–H and O–H groups in total.